The Balaban J connectivity index is 2.90. The Hall–Kier alpha value is -1.97. The molecule has 14 heavy (non-hydrogen) atoms. The summed E-state index contributed by atoms with van der Waals surface area (Å²) in [5.74, 6) is -0.174. The monoisotopic (exact) mass is 191 g/mol. The van der Waals surface area contributed by atoms with Gasteiger partial charge in [0.1, 0.15) is 0 Å². The lowest BCUT2D eigenvalue weighted by molar-refractivity contribution is -0.115. The molecule has 0 aromatic heterocycles. The van der Waals surface area contributed by atoms with E-state index < -0.39 is 0 Å². The summed E-state index contributed by atoms with van der Waals surface area (Å²) in [5.41, 5.74) is 13.2. The third-order valence-electron chi connectivity index (χ3n) is 1.77. The number of nitrogens with two attached hydrogens (primary N) is 2. The summed E-state index contributed by atoms with van der Waals surface area (Å²) in [7, 11) is 1.56. The van der Waals surface area contributed by atoms with E-state index in [-0.39, 0.29) is 5.91 Å². The summed E-state index contributed by atoms with van der Waals surface area (Å²) in [5, 5.41) is 2.47. The van der Waals surface area contributed by atoms with Gasteiger partial charge in [0.15, 0.2) is 0 Å². The van der Waals surface area contributed by atoms with Crippen molar-refractivity contribution >= 4 is 23.4 Å². The Labute approximate surface area is 82.6 Å². The molecule has 1 aromatic carbocycles. The van der Waals surface area contributed by atoms with Crippen molar-refractivity contribution < 1.29 is 4.79 Å². The lowest BCUT2D eigenvalue weighted by Gasteiger charge is -2.01. The van der Waals surface area contributed by atoms with Crippen molar-refractivity contribution in [1.29, 1.82) is 0 Å². The van der Waals surface area contributed by atoms with E-state index in [1.165, 1.54) is 6.08 Å². The highest BCUT2D eigenvalue weighted by molar-refractivity contribution is 5.92. The summed E-state index contributed by atoms with van der Waals surface area (Å²) in [6, 6.07) is 5.14. The zero-order valence-corrected chi connectivity index (χ0v) is 7.95. The van der Waals surface area contributed by atoms with E-state index in [1.54, 1.807) is 31.3 Å². The summed E-state index contributed by atoms with van der Waals surface area (Å²) in [6.45, 7) is 0. The van der Waals surface area contributed by atoms with Crippen LogP contribution in [0.1, 0.15) is 5.56 Å². The molecule has 0 fully saturated rings. The maximum Gasteiger partial charge on any atom is 0.243 e. The predicted octanol–water partition coefficient (Wildman–Crippen LogP) is 0.610. The molecular formula is C10H13N3O. The van der Waals surface area contributed by atoms with Crippen molar-refractivity contribution in [3.8, 4) is 0 Å². The van der Waals surface area contributed by atoms with E-state index in [1.807, 2.05) is 0 Å². The Morgan fingerprint density at radius 1 is 1.43 bits per heavy atom. The van der Waals surface area contributed by atoms with Crippen LogP contribution in [0.2, 0.25) is 0 Å². The highest BCUT2D eigenvalue weighted by Crippen LogP contribution is 2.16. The molecule has 0 unspecified atom stereocenters. The molecule has 0 saturated heterocycles. The van der Waals surface area contributed by atoms with Gasteiger partial charge < -0.3 is 16.8 Å². The van der Waals surface area contributed by atoms with Crippen LogP contribution in [0.3, 0.4) is 0 Å². The first-order chi connectivity index (χ1) is 6.63. The lowest BCUT2D eigenvalue weighted by atomic mass is 10.1. The molecule has 74 valence electrons. The Morgan fingerprint density at radius 3 is 2.79 bits per heavy atom. The van der Waals surface area contributed by atoms with E-state index in [2.05, 4.69) is 5.32 Å². The number of carbonyl (C=O) groups excluding carboxylic acids is 1. The van der Waals surface area contributed by atoms with Gasteiger partial charge in [0.2, 0.25) is 5.91 Å². The molecule has 0 bridgehead atoms. The number of anilines is 2. The Kier molecular flexibility index (Phi) is 3.12. The fourth-order valence-electron chi connectivity index (χ4n) is 0.986. The maximum absolute atomic E-state index is 10.9. The van der Waals surface area contributed by atoms with Crippen molar-refractivity contribution in [2.75, 3.05) is 18.5 Å². The molecule has 1 aromatic rings. The molecule has 0 aliphatic heterocycles. The van der Waals surface area contributed by atoms with Gasteiger partial charge in [-0.1, -0.05) is 0 Å². The first kappa shape index (κ1) is 10.1. The molecule has 0 heterocycles. The zero-order valence-electron chi connectivity index (χ0n) is 7.95. The number of carbonyl (C=O) groups is 1. The van der Waals surface area contributed by atoms with Crippen LogP contribution in [-0.2, 0) is 4.79 Å². The van der Waals surface area contributed by atoms with Gasteiger partial charge in [0.05, 0.1) is 0 Å². The largest absolute Gasteiger partial charge is 0.399 e. The van der Waals surface area contributed by atoms with Gasteiger partial charge in [-0.25, -0.2) is 0 Å². The third-order valence-corrected chi connectivity index (χ3v) is 1.77. The summed E-state index contributed by atoms with van der Waals surface area (Å²) in [4.78, 5) is 10.9. The number of benzene rings is 1. The van der Waals surface area contributed by atoms with Gasteiger partial charge in [-0.05, 0) is 29.8 Å². The molecule has 4 heteroatoms. The molecule has 0 saturated carbocycles. The van der Waals surface area contributed by atoms with Gasteiger partial charge in [-0.3, -0.25) is 4.79 Å². The topological polar surface area (TPSA) is 81.1 Å². The first-order valence-corrected chi connectivity index (χ1v) is 4.18. The molecule has 0 atom stereocenters. The number of nitrogens with one attached hydrogen (secondary N) is 1. The van der Waals surface area contributed by atoms with Crippen LogP contribution >= 0.6 is 0 Å². The fourth-order valence-corrected chi connectivity index (χ4v) is 0.986. The van der Waals surface area contributed by atoms with Crippen LogP contribution in [0, 0.1) is 0 Å². The number of hydrogen-bond donors (Lipinski definition) is 3. The van der Waals surface area contributed by atoms with Gasteiger partial charge in [0.25, 0.3) is 0 Å². The molecule has 1 amide bonds. The standard InChI is InChI=1S/C10H13N3O/c1-13-10(14)5-2-7-6-8(11)3-4-9(7)12/h2-6H,11-12H2,1H3,(H,13,14). The van der Waals surface area contributed by atoms with E-state index in [0.29, 0.717) is 11.4 Å². The molecule has 0 aliphatic carbocycles. The van der Waals surface area contributed by atoms with Crippen molar-refractivity contribution in [2.45, 2.75) is 0 Å². The number of likely N-dealkylation sites (N-methyl/N-ethyl adjacent to an activating group) is 1. The van der Waals surface area contributed by atoms with Crippen LogP contribution in [0.15, 0.2) is 24.3 Å². The number of amides is 1. The van der Waals surface area contributed by atoms with Gasteiger partial charge in [-0.2, -0.15) is 0 Å². The number of hydrogen-bond acceptors (Lipinski definition) is 3. The molecule has 4 nitrogen and oxygen atoms in total. The maximum atomic E-state index is 10.9. The summed E-state index contributed by atoms with van der Waals surface area (Å²) < 4.78 is 0. The first-order valence-electron chi connectivity index (χ1n) is 4.18. The van der Waals surface area contributed by atoms with Crippen LogP contribution < -0.4 is 16.8 Å². The van der Waals surface area contributed by atoms with Crippen molar-refractivity contribution in [2.24, 2.45) is 0 Å². The molecular weight excluding hydrogens is 178 g/mol. The highest BCUT2D eigenvalue weighted by atomic mass is 16.1. The Morgan fingerprint density at radius 2 is 2.14 bits per heavy atom. The second-order valence-electron chi connectivity index (χ2n) is 2.84. The average molecular weight is 191 g/mol. The Bertz CT molecular complexity index is 372. The molecule has 5 N–H and O–H groups in total. The lowest BCUT2D eigenvalue weighted by Crippen LogP contribution is -2.13. The van der Waals surface area contributed by atoms with Gasteiger partial charge in [-0.15, -0.1) is 0 Å². The summed E-state index contributed by atoms with van der Waals surface area (Å²) in [6.07, 6.45) is 3.04. The van der Waals surface area contributed by atoms with Gasteiger partial charge >= 0.3 is 0 Å². The summed E-state index contributed by atoms with van der Waals surface area (Å²) >= 11 is 0. The van der Waals surface area contributed by atoms with Crippen molar-refractivity contribution in [1.82, 2.24) is 5.32 Å². The van der Waals surface area contributed by atoms with E-state index in [0.717, 1.165) is 5.56 Å². The fraction of sp³-hybridized carbons (Fsp3) is 0.100. The smallest absolute Gasteiger partial charge is 0.243 e. The highest BCUT2D eigenvalue weighted by Gasteiger charge is 1.96. The second kappa shape index (κ2) is 4.32. The van der Waals surface area contributed by atoms with Gasteiger partial charge in [0, 0.05) is 24.5 Å². The van der Waals surface area contributed by atoms with Crippen molar-refractivity contribution in [3.63, 3.8) is 0 Å². The average Bonchev–Trinajstić information content (AvgIpc) is 2.19. The van der Waals surface area contributed by atoms with E-state index in [9.17, 15) is 4.79 Å². The molecule has 0 spiro atoms. The van der Waals surface area contributed by atoms with E-state index >= 15 is 0 Å². The SMILES string of the molecule is CNC(=O)C=Cc1cc(N)ccc1N. The van der Waals surface area contributed by atoms with E-state index in [4.69, 9.17) is 11.5 Å². The van der Waals surface area contributed by atoms with Crippen molar-refractivity contribution in [3.05, 3.63) is 29.8 Å². The van der Waals surface area contributed by atoms with Crippen LogP contribution in [0.25, 0.3) is 6.08 Å². The number of nitrogen functional groups attached to an aromatic ring is 2. The predicted molar refractivity (Wildman–Crippen MR) is 58.4 cm³/mol. The molecule has 1 rings (SSSR count). The normalized spacial score (nSPS) is 10.4. The second-order valence-corrected chi connectivity index (χ2v) is 2.84. The minimum Gasteiger partial charge on any atom is -0.399 e. The molecule has 0 aliphatic rings. The third kappa shape index (κ3) is 2.52. The number of rotatable bonds is 2. The van der Waals surface area contributed by atoms with Crippen LogP contribution in [0.5, 0.6) is 0 Å². The van der Waals surface area contributed by atoms with Crippen LogP contribution in [0.4, 0.5) is 11.4 Å². The molecule has 0 radical (unpaired) electrons. The minimum atomic E-state index is -0.174. The quantitative estimate of drug-likeness (QED) is 0.473. The minimum absolute atomic E-state index is 0.174. The zero-order chi connectivity index (χ0) is 10.6. The van der Waals surface area contributed by atoms with Crippen LogP contribution in [-0.4, -0.2) is 13.0 Å².